The van der Waals surface area contributed by atoms with Crippen molar-refractivity contribution in [1.29, 1.82) is 0 Å². The molecule has 0 saturated carbocycles. The number of ketones is 1. The predicted octanol–water partition coefficient (Wildman–Crippen LogP) is 3.11. The summed E-state index contributed by atoms with van der Waals surface area (Å²) in [7, 11) is 0. The number of thiophene rings is 1. The molecule has 0 radical (unpaired) electrons. The lowest BCUT2D eigenvalue weighted by atomic mass is 10.3. The molecule has 1 rings (SSSR count). The molecule has 0 unspecified atom stereocenters. The summed E-state index contributed by atoms with van der Waals surface area (Å²) in [4.78, 5) is 11.6. The van der Waals surface area contributed by atoms with Crippen molar-refractivity contribution in [3.8, 4) is 0 Å². The van der Waals surface area contributed by atoms with Gasteiger partial charge in [-0.05, 0) is 46.5 Å². The number of halogens is 1. The van der Waals surface area contributed by atoms with Crippen LogP contribution in [0.5, 0.6) is 0 Å². The Morgan fingerprint density at radius 1 is 1.73 bits per heavy atom. The van der Waals surface area contributed by atoms with Crippen molar-refractivity contribution in [3.63, 3.8) is 0 Å². The van der Waals surface area contributed by atoms with Crippen molar-refractivity contribution >= 4 is 39.1 Å². The molecule has 0 fully saturated rings. The molecule has 0 amide bonds. The van der Waals surface area contributed by atoms with E-state index in [1.807, 2.05) is 17.5 Å². The number of hydrogen-bond donors (Lipinski definition) is 0. The second kappa shape index (κ2) is 3.83. The van der Waals surface area contributed by atoms with E-state index in [0.717, 1.165) is 9.35 Å². The zero-order chi connectivity index (χ0) is 8.27. The molecular formula is C8H7BrOS. The average Bonchev–Trinajstić information content (AvgIpc) is 2.31. The van der Waals surface area contributed by atoms with Gasteiger partial charge >= 0.3 is 0 Å². The summed E-state index contributed by atoms with van der Waals surface area (Å²) in [5.74, 6) is 0.0744. The highest BCUT2D eigenvalue weighted by molar-refractivity contribution is 9.10. The molecule has 1 nitrogen and oxygen atoms in total. The lowest BCUT2D eigenvalue weighted by Gasteiger charge is -1.84. The van der Waals surface area contributed by atoms with E-state index in [0.29, 0.717) is 0 Å². The number of allylic oxidation sites excluding steroid dienone is 1. The molecule has 0 N–H and O–H groups in total. The van der Waals surface area contributed by atoms with E-state index < -0.39 is 0 Å². The molecule has 0 atom stereocenters. The van der Waals surface area contributed by atoms with E-state index in [4.69, 9.17) is 0 Å². The van der Waals surface area contributed by atoms with E-state index in [1.54, 1.807) is 17.4 Å². The van der Waals surface area contributed by atoms with Crippen LogP contribution in [0.15, 0.2) is 22.0 Å². The monoisotopic (exact) mass is 230 g/mol. The first-order chi connectivity index (χ1) is 5.20. The van der Waals surface area contributed by atoms with E-state index in [9.17, 15) is 4.79 Å². The van der Waals surface area contributed by atoms with E-state index in [-0.39, 0.29) is 5.78 Å². The van der Waals surface area contributed by atoms with Crippen LogP contribution in [0.25, 0.3) is 6.08 Å². The Hall–Kier alpha value is -0.410. The molecule has 0 bridgehead atoms. The maximum absolute atomic E-state index is 10.6. The van der Waals surface area contributed by atoms with Crippen molar-refractivity contribution < 1.29 is 4.79 Å². The van der Waals surface area contributed by atoms with Crippen molar-refractivity contribution in [2.75, 3.05) is 0 Å². The summed E-state index contributed by atoms with van der Waals surface area (Å²) < 4.78 is 1.04. The van der Waals surface area contributed by atoms with Gasteiger partial charge in [0, 0.05) is 9.35 Å². The van der Waals surface area contributed by atoms with Gasteiger partial charge in [-0.2, -0.15) is 0 Å². The summed E-state index contributed by atoms with van der Waals surface area (Å²) in [5, 5.41) is 1.98. The number of carbonyl (C=O) groups is 1. The third-order valence-electron chi connectivity index (χ3n) is 1.11. The number of hydrogen-bond acceptors (Lipinski definition) is 2. The van der Waals surface area contributed by atoms with Crippen molar-refractivity contribution in [2.24, 2.45) is 0 Å². The van der Waals surface area contributed by atoms with Gasteiger partial charge in [0.05, 0.1) is 0 Å². The minimum Gasteiger partial charge on any atom is -0.295 e. The van der Waals surface area contributed by atoms with Gasteiger partial charge < -0.3 is 0 Å². The summed E-state index contributed by atoms with van der Waals surface area (Å²) in [5.41, 5.74) is 0. The lowest BCUT2D eigenvalue weighted by molar-refractivity contribution is -0.112. The molecule has 0 aliphatic rings. The quantitative estimate of drug-likeness (QED) is 0.714. The van der Waals surface area contributed by atoms with Crippen LogP contribution in [0.3, 0.4) is 0 Å². The molecule has 3 heteroatoms. The molecule has 0 aromatic carbocycles. The van der Waals surface area contributed by atoms with Gasteiger partial charge in [-0.3, -0.25) is 4.79 Å². The summed E-state index contributed by atoms with van der Waals surface area (Å²) in [6.45, 7) is 1.54. The van der Waals surface area contributed by atoms with E-state index in [2.05, 4.69) is 15.9 Å². The first-order valence-electron chi connectivity index (χ1n) is 3.12. The third-order valence-corrected chi connectivity index (χ3v) is 2.95. The fourth-order valence-corrected chi connectivity index (χ4v) is 2.02. The molecule has 11 heavy (non-hydrogen) atoms. The Labute approximate surface area is 77.9 Å². The van der Waals surface area contributed by atoms with Crippen LogP contribution in [0, 0.1) is 0 Å². The zero-order valence-electron chi connectivity index (χ0n) is 6.00. The van der Waals surface area contributed by atoms with Crippen LogP contribution in [0.1, 0.15) is 11.8 Å². The van der Waals surface area contributed by atoms with Crippen LogP contribution >= 0.6 is 27.3 Å². The summed E-state index contributed by atoms with van der Waals surface area (Å²) in [6.07, 6.45) is 3.38. The minimum absolute atomic E-state index is 0.0744. The molecular weight excluding hydrogens is 224 g/mol. The third kappa shape index (κ3) is 2.60. The second-order valence-electron chi connectivity index (χ2n) is 2.08. The van der Waals surface area contributed by atoms with Gasteiger partial charge in [0.2, 0.25) is 0 Å². The molecule has 0 aliphatic carbocycles. The van der Waals surface area contributed by atoms with Crippen LogP contribution in [0.4, 0.5) is 0 Å². The van der Waals surface area contributed by atoms with Crippen LogP contribution in [-0.4, -0.2) is 5.78 Å². The van der Waals surface area contributed by atoms with E-state index >= 15 is 0 Å². The Balaban J connectivity index is 2.79. The fourth-order valence-electron chi connectivity index (χ4n) is 0.617. The maximum Gasteiger partial charge on any atom is 0.152 e. The molecule has 1 heterocycles. The minimum atomic E-state index is 0.0744. The molecule has 0 aliphatic heterocycles. The SMILES string of the molecule is CC(=O)/C=C/c1sccc1Br. The summed E-state index contributed by atoms with van der Waals surface area (Å²) >= 11 is 4.97. The Bertz CT molecular complexity index is 288. The fraction of sp³-hybridized carbons (Fsp3) is 0.125. The van der Waals surface area contributed by atoms with Crippen molar-refractivity contribution in [2.45, 2.75) is 6.92 Å². The first kappa shape index (κ1) is 8.68. The normalized spacial score (nSPS) is 10.7. The zero-order valence-corrected chi connectivity index (χ0v) is 8.41. The molecule has 1 aromatic heterocycles. The Morgan fingerprint density at radius 3 is 2.91 bits per heavy atom. The smallest absolute Gasteiger partial charge is 0.152 e. The first-order valence-corrected chi connectivity index (χ1v) is 4.79. The van der Waals surface area contributed by atoms with Crippen LogP contribution in [-0.2, 0) is 4.79 Å². The topological polar surface area (TPSA) is 17.1 Å². The maximum atomic E-state index is 10.6. The molecule has 58 valence electrons. The molecule has 0 saturated heterocycles. The van der Waals surface area contributed by atoms with Gasteiger partial charge in [-0.25, -0.2) is 0 Å². The largest absolute Gasteiger partial charge is 0.295 e. The van der Waals surface area contributed by atoms with Gasteiger partial charge in [-0.15, -0.1) is 11.3 Å². The molecule has 0 spiro atoms. The average molecular weight is 231 g/mol. The molecule has 1 aromatic rings. The van der Waals surface area contributed by atoms with Crippen molar-refractivity contribution in [1.82, 2.24) is 0 Å². The van der Waals surface area contributed by atoms with Gasteiger partial charge in [0.1, 0.15) is 0 Å². The highest BCUT2D eigenvalue weighted by Crippen LogP contribution is 2.23. The van der Waals surface area contributed by atoms with Gasteiger partial charge in [0.15, 0.2) is 5.78 Å². The predicted molar refractivity (Wildman–Crippen MR) is 51.7 cm³/mol. The van der Waals surface area contributed by atoms with E-state index in [1.165, 1.54) is 6.92 Å². The van der Waals surface area contributed by atoms with Gasteiger partial charge in [0.25, 0.3) is 0 Å². The number of carbonyl (C=O) groups excluding carboxylic acids is 1. The van der Waals surface area contributed by atoms with Gasteiger partial charge in [-0.1, -0.05) is 0 Å². The van der Waals surface area contributed by atoms with Crippen LogP contribution < -0.4 is 0 Å². The standard InChI is InChI=1S/C8H7BrOS/c1-6(10)2-3-8-7(9)4-5-11-8/h2-5H,1H3/b3-2+. The lowest BCUT2D eigenvalue weighted by Crippen LogP contribution is -1.78. The highest BCUT2D eigenvalue weighted by Gasteiger charge is 1.95. The van der Waals surface area contributed by atoms with Crippen molar-refractivity contribution in [3.05, 3.63) is 26.9 Å². The van der Waals surface area contributed by atoms with Crippen LogP contribution in [0.2, 0.25) is 0 Å². The Morgan fingerprint density at radius 2 is 2.45 bits per heavy atom. The highest BCUT2D eigenvalue weighted by atomic mass is 79.9. The number of rotatable bonds is 2. The Kier molecular flexibility index (Phi) is 3.02. The second-order valence-corrected chi connectivity index (χ2v) is 3.88. The summed E-state index contributed by atoms with van der Waals surface area (Å²) in [6, 6.07) is 1.96.